The van der Waals surface area contributed by atoms with Gasteiger partial charge in [-0.15, -0.1) is 0 Å². The molecule has 152 valence electrons. The molecule has 5 nitrogen and oxygen atoms in total. The molecule has 0 spiro atoms. The largest absolute Gasteiger partial charge is 0.379 e. The van der Waals surface area contributed by atoms with Gasteiger partial charge in [0.05, 0.1) is 19.3 Å². The summed E-state index contributed by atoms with van der Waals surface area (Å²) in [5.41, 5.74) is 2.13. The summed E-state index contributed by atoms with van der Waals surface area (Å²) in [7, 11) is 1.97. The summed E-state index contributed by atoms with van der Waals surface area (Å²) in [4.78, 5) is 6.98. The molecule has 2 atom stereocenters. The van der Waals surface area contributed by atoms with Gasteiger partial charge in [-0.3, -0.25) is 4.90 Å². The van der Waals surface area contributed by atoms with Crippen LogP contribution in [-0.2, 0) is 11.8 Å². The molecule has 29 heavy (non-hydrogen) atoms. The molecule has 1 aliphatic rings. The number of nitrogens with zero attached hydrogens (tertiary/aromatic N) is 3. The SMILES string of the molecule is Cn1ccnc1[C@@H](NC[C@H](c1ccccc1)N1CCOCC1)c1cccc(F)c1. The molecule has 1 fully saturated rings. The summed E-state index contributed by atoms with van der Waals surface area (Å²) in [5.74, 6) is 0.626. The number of morpholine rings is 1. The molecule has 0 bridgehead atoms. The zero-order valence-electron chi connectivity index (χ0n) is 16.7. The topological polar surface area (TPSA) is 42.3 Å². The Labute approximate surface area is 171 Å². The fourth-order valence-electron chi connectivity index (χ4n) is 3.95. The summed E-state index contributed by atoms with van der Waals surface area (Å²) in [6.45, 7) is 4.01. The van der Waals surface area contributed by atoms with E-state index in [1.165, 1.54) is 11.6 Å². The van der Waals surface area contributed by atoms with Crippen molar-refractivity contribution >= 4 is 0 Å². The summed E-state index contributed by atoms with van der Waals surface area (Å²) in [5, 5.41) is 3.67. The van der Waals surface area contributed by atoms with Crippen LogP contribution in [0, 0.1) is 5.82 Å². The van der Waals surface area contributed by atoms with Crippen LogP contribution in [0.2, 0.25) is 0 Å². The Kier molecular flexibility index (Phi) is 6.34. The number of benzene rings is 2. The highest BCUT2D eigenvalue weighted by Gasteiger charge is 2.25. The number of imidazole rings is 1. The number of hydrogen-bond acceptors (Lipinski definition) is 4. The number of rotatable bonds is 7. The quantitative estimate of drug-likeness (QED) is 0.668. The summed E-state index contributed by atoms with van der Waals surface area (Å²) in [6.07, 6.45) is 3.69. The van der Waals surface area contributed by atoms with Crippen molar-refractivity contribution in [3.8, 4) is 0 Å². The predicted octanol–water partition coefficient (Wildman–Crippen LogP) is 3.31. The van der Waals surface area contributed by atoms with Gasteiger partial charge in [0.15, 0.2) is 0 Å². The van der Waals surface area contributed by atoms with E-state index in [0.717, 1.165) is 44.2 Å². The zero-order chi connectivity index (χ0) is 20.1. The number of aryl methyl sites for hydroxylation is 1. The lowest BCUT2D eigenvalue weighted by Gasteiger charge is -2.36. The van der Waals surface area contributed by atoms with E-state index in [-0.39, 0.29) is 17.9 Å². The summed E-state index contributed by atoms with van der Waals surface area (Å²) in [6, 6.07) is 17.3. The minimum Gasteiger partial charge on any atom is -0.379 e. The number of nitrogens with one attached hydrogen (secondary N) is 1. The normalized spacial score (nSPS) is 17.2. The minimum atomic E-state index is -0.240. The van der Waals surface area contributed by atoms with Crippen molar-refractivity contribution in [3.05, 3.63) is 89.8 Å². The number of halogens is 1. The molecule has 3 aromatic rings. The third kappa shape index (κ3) is 4.72. The van der Waals surface area contributed by atoms with Crippen molar-refractivity contribution in [1.82, 2.24) is 19.8 Å². The second-order valence-electron chi connectivity index (χ2n) is 7.37. The number of ether oxygens (including phenoxy) is 1. The van der Waals surface area contributed by atoms with Crippen LogP contribution in [0.3, 0.4) is 0 Å². The standard InChI is InChI=1S/C23H27FN4O/c1-27-11-10-25-23(27)22(19-8-5-9-20(24)16-19)26-17-21(18-6-3-2-4-7-18)28-12-14-29-15-13-28/h2-11,16,21-22,26H,12-15,17H2,1H3/t21-,22+/m1/s1. The minimum absolute atomic E-state index is 0.196. The highest BCUT2D eigenvalue weighted by Crippen LogP contribution is 2.25. The van der Waals surface area contributed by atoms with Crippen molar-refractivity contribution in [2.24, 2.45) is 7.05 Å². The van der Waals surface area contributed by atoms with E-state index in [9.17, 15) is 4.39 Å². The molecule has 0 aliphatic carbocycles. The first-order valence-corrected chi connectivity index (χ1v) is 10.0. The van der Waals surface area contributed by atoms with E-state index in [4.69, 9.17) is 4.74 Å². The lowest BCUT2D eigenvalue weighted by atomic mass is 10.0. The van der Waals surface area contributed by atoms with Crippen LogP contribution in [-0.4, -0.2) is 47.3 Å². The van der Waals surface area contributed by atoms with Gasteiger partial charge in [0, 0.05) is 45.1 Å². The van der Waals surface area contributed by atoms with E-state index >= 15 is 0 Å². The summed E-state index contributed by atoms with van der Waals surface area (Å²) >= 11 is 0. The number of hydrogen-bond donors (Lipinski definition) is 1. The van der Waals surface area contributed by atoms with E-state index in [2.05, 4.69) is 39.5 Å². The van der Waals surface area contributed by atoms with E-state index in [0.29, 0.717) is 0 Å². The molecule has 1 saturated heterocycles. The first-order valence-electron chi connectivity index (χ1n) is 10.0. The fourth-order valence-corrected chi connectivity index (χ4v) is 3.95. The molecule has 1 aromatic heterocycles. The van der Waals surface area contributed by atoms with Crippen molar-refractivity contribution in [2.45, 2.75) is 12.1 Å². The third-order valence-corrected chi connectivity index (χ3v) is 5.48. The van der Waals surface area contributed by atoms with Gasteiger partial charge in [-0.25, -0.2) is 9.37 Å². The molecule has 0 radical (unpaired) electrons. The zero-order valence-corrected chi connectivity index (χ0v) is 16.7. The van der Waals surface area contributed by atoms with Crippen LogP contribution >= 0.6 is 0 Å². The Morgan fingerprint density at radius 2 is 1.83 bits per heavy atom. The highest BCUT2D eigenvalue weighted by atomic mass is 19.1. The second-order valence-corrected chi connectivity index (χ2v) is 7.37. The predicted molar refractivity (Wildman–Crippen MR) is 111 cm³/mol. The van der Waals surface area contributed by atoms with Crippen molar-refractivity contribution in [3.63, 3.8) is 0 Å². The molecule has 1 N–H and O–H groups in total. The first-order chi connectivity index (χ1) is 14.2. The smallest absolute Gasteiger partial charge is 0.130 e. The Hall–Kier alpha value is -2.54. The van der Waals surface area contributed by atoms with Crippen LogP contribution < -0.4 is 5.32 Å². The van der Waals surface area contributed by atoms with Gasteiger partial charge in [-0.2, -0.15) is 0 Å². The molecule has 0 saturated carbocycles. The Morgan fingerprint density at radius 3 is 2.52 bits per heavy atom. The average molecular weight is 394 g/mol. The molecular weight excluding hydrogens is 367 g/mol. The van der Waals surface area contributed by atoms with Gasteiger partial charge in [0.1, 0.15) is 11.6 Å². The number of aromatic nitrogens is 2. The van der Waals surface area contributed by atoms with E-state index < -0.39 is 0 Å². The maximum absolute atomic E-state index is 13.9. The van der Waals surface area contributed by atoms with Gasteiger partial charge in [0.25, 0.3) is 0 Å². The van der Waals surface area contributed by atoms with E-state index in [1.807, 2.05) is 29.9 Å². The van der Waals surface area contributed by atoms with Crippen molar-refractivity contribution in [1.29, 1.82) is 0 Å². The van der Waals surface area contributed by atoms with Crippen LogP contribution in [0.25, 0.3) is 0 Å². The lowest BCUT2D eigenvalue weighted by Crippen LogP contribution is -2.43. The average Bonchev–Trinajstić information content (AvgIpc) is 3.18. The Balaban J connectivity index is 1.61. The highest BCUT2D eigenvalue weighted by molar-refractivity contribution is 5.27. The van der Waals surface area contributed by atoms with Gasteiger partial charge in [0.2, 0.25) is 0 Å². The summed E-state index contributed by atoms with van der Waals surface area (Å²) < 4.78 is 21.5. The van der Waals surface area contributed by atoms with E-state index in [1.54, 1.807) is 18.3 Å². The third-order valence-electron chi connectivity index (χ3n) is 5.48. The Morgan fingerprint density at radius 1 is 1.07 bits per heavy atom. The lowest BCUT2D eigenvalue weighted by molar-refractivity contribution is 0.0157. The molecule has 2 heterocycles. The van der Waals surface area contributed by atoms with Crippen LogP contribution in [0.5, 0.6) is 0 Å². The Bertz CT molecular complexity index is 908. The van der Waals surface area contributed by atoms with Gasteiger partial charge in [-0.05, 0) is 23.3 Å². The fraction of sp³-hybridized carbons (Fsp3) is 0.348. The van der Waals surface area contributed by atoms with Crippen LogP contribution in [0.4, 0.5) is 4.39 Å². The molecule has 2 aromatic carbocycles. The molecule has 1 aliphatic heterocycles. The van der Waals surface area contributed by atoms with Crippen molar-refractivity contribution in [2.75, 3.05) is 32.8 Å². The van der Waals surface area contributed by atoms with Gasteiger partial charge >= 0.3 is 0 Å². The van der Waals surface area contributed by atoms with Gasteiger partial charge < -0.3 is 14.6 Å². The maximum Gasteiger partial charge on any atom is 0.130 e. The second kappa shape index (κ2) is 9.31. The van der Waals surface area contributed by atoms with Crippen LogP contribution in [0.15, 0.2) is 67.0 Å². The maximum atomic E-state index is 13.9. The van der Waals surface area contributed by atoms with Crippen molar-refractivity contribution < 1.29 is 9.13 Å². The van der Waals surface area contributed by atoms with Crippen LogP contribution in [0.1, 0.15) is 29.0 Å². The molecular formula is C23H27FN4O. The molecule has 6 heteroatoms. The first kappa shape index (κ1) is 19.8. The molecule has 0 amide bonds. The monoisotopic (exact) mass is 394 g/mol. The van der Waals surface area contributed by atoms with Gasteiger partial charge in [-0.1, -0.05) is 42.5 Å². The molecule has 0 unspecified atom stereocenters. The molecule has 4 rings (SSSR count).